The van der Waals surface area contributed by atoms with Gasteiger partial charge in [0, 0.05) is 0 Å². The highest BCUT2D eigenvalue weighted by molar-refractivity contribution is 6.39. The molecule has 0 spiro atoms. The molecule has 0 heterocycles. The third-order valence-electron chi connectivity index (χ3n) is 3.88. The van der Waals surface area contributed by atoms with E-state index in [9.17, 15) is 14.4 Å². The van der Waals surface area contributed by atoms with Crippen LogP contribution in [0.15, 0.2) is 42.5 Å². The van der Waals surface area contributed by atoms with Crippen molar-refractivity contribution in [2.75, 3.05) is 30.3 Å². The zero-order valence-corrected chi connectivity index (χ0v) is 16.7. The average molecular weight is 423 g/mol. The summed E-state index contributed by atoms with van der Waals surface area (Å²) in [4.78, 5) is 37.7. The molecule has 0 aliphatic carbocycles. The lowest BCUT2D eigenvalue weighted by molar-refractivity contribution is -0.119. The van der Waals surface area contributed by atoms with Gasteiger partial charge in [0.2, 0.25) is 11.8 Å². The summed E-state index contributed by atoms with van der Waals surface area (Å²) < 4.78 is 0. The molecule has 148 valence electrons. The second kappa shape index (κ2) is 10.1. The fraction of sp³-hybridized carbons (Fsp3) is 0.211. The van der Waals surface area contributed by atoms with Crippen molar-refractivity contribution in [3.8, 4) is 0 Å². The zero-order valence-electron chi connectivity index (χ0n) is 15.2. The molecule has 4 N–H and O–H groups in total. The molecule has 0 fully saturated rings. The average Bonchev–Trinajstić information content (AvgIpc) is 2.64. The fourth-order valence-corrected chi connectivity index (χ4v) is 2.97. The lowest BCUT2D eigenvalue weighted by Gasteiger charge is -2.20. The van der Waals surface area contributed by atoms with Crippen LogP contribution < -0.4 is 16.4 Å². The van der Waals surface area contributed by atoms with Gasteiger partial charge in [-0.1, -0.05) is 48.3 Å². The normalized spacial score (nSPS) is 10.6. The fourth-order valence-electron chi connectivity index (χ4n) is 2.48. The third-order valence-corrected chi connectivity index (χ3v) is 4.51. The molecule has 0 aliphatic heterocycles. The number of nitrogens with one attached hydrogen (secondary N) is 2. The second-order valence-corrected chi connectivity index (χ2v) is 6.72. The molecule has 0 bridgehead atoms. The van der Waals surface area contributed by atoms with Crippen LogP contribution in [0.25, 0.3) is 0 Å². The van der Waals surface area contributed by atoms with Crippen molar-refractivity contribution in [3.63, 3.8) is 0 Å². The first-order valence-corrected chi connectivity index (χ1v) is 9.22. The molecule has 3 amide bonds. The van der Waals surface area contributed by atoms with E-state index in [0.29, 0.717) is 28.0 Å². The first kappa shape index (κ1) is 21.7. The molecule has 0 unspecified atom stereocenters. The SMILES string of the molecule is CCN(CC(=O)Nc1ccccc1C(N)=O)CC(=O)Nc1c(Cl)cccc1Cl. The number of hydrogen-bond acceptors (Lipinski definition) is 4. The number of nitrogens with zero attached hydrogens (tertiary/aromatic N) is 1. The summed E-state index contributed by atoms with van der Waals surface area (Å²) >= 11 is 12.1. The molecule has 9 heteroatoms. The number of halogens is 2. The van der Waals surface area contributed by atoms with Gasteiger partial charge in [-0.15, -0.1) is 0 Å². The zero-order chi connectivity index (χ0) is 20.7. The van der Waals surface area contributed by atoms with Crippen molar-refractivity contribution >= 4 is 52.3 Å². The number of anilines is 2. The summed E-state index contributed by atoms with van der Waals surface area (Å²) in [5.74, 6) is -1.37. The number of likely N-dealkylation sites (N-methyl/N-ethyl adjacent to an activating group) is 1. The molecule has 7 nitrogen and oxygen atoms in total. The van der Waals surface area contributed by atoms with E-state index in [2.05, 4.69) is 10.6 Å². The van der Waals surface area contributed by atoms with Crippen LogP contribution in [0.3, 0.4) is 0 Å². The molecule has 2 rings (SSSR count). The van der Waals surface area contributed by atoms with Crippen LogP contribution in [0.4, 0.5) is 11.4 Å². The first-order valence-electron chi connectivity index (χ1n) is 8.46. The predicted octanol–water partition coefficient (Wildman–Crippen LogP) is 2.99. The number of carbonyl (C=O) groups is 3. The highest BCUT2D eigenvalue weighted by atomic mass is 35.5. The number of nitrogens with two attached hydrogens (primary N) is 1. The van der Waals surface area contributed by atoms with Crippen LogP contribution >= 0.6 is 23.2 Å². The van der Waals surface area contributed by atoms with E-state index in [0.717, 1.165) is 0 Å². The summed E-state index contributed by atoms with van der Waals surface area (Å²) in [6.07, 6.45) is 0. The van der Waals surface area contributed by atoms with E-state index in [-0.39, 0.29) is 30.5 Å². The van der Waals surface area contributed by atoms with E-state index < -0.39 is 5.91 Å². The molecule has 2 aromatic carbocycles. The van der Waals surface area contributed by atoms with Crippen molar-refractivity contribution in [2.45, 2.75) is 6.92 Å². The van der Waals surface area contributed by atoms with Crippen molar-refractivity contribution in [1.82, 2.24) is 4.90 Å². The Bertz CT molecular complexity index is 869. The number of rotatable bonds is 8. The van der Waals surface area contributed by atoms with Gasteiger partial charge < -0.3 is 16.4 Å². The summed E-state index contributed by atoms with van der Waals surface area (Å²) in [5.41, 5.74) is 6.17. The van der Waals surface area contributed by atoms with Gasteiger partial charge in [0.25, 0.3) is 5.91 Å². The highest BCUT2D eigenvalue weighted by Gasteiger charge is 2.17. The Hall–Kier alpha value is -2.61. The maximum atomic E-state index is 12.3. The number of carbonyl (C=O) groups excluding carboxylic acids is 3. The Balaban J connectivity index is 1.97. The van der Waals surface area contributed by atoms with Crippen LogP contribution in [0, 0.1) is 0 Å². The number of hydrogen-bond donors (Lipinski definition) is 3. The molecular weight excluding hydrogens is 403 g/mol. The molecule has 0 aromatic heterocycles. The van der Waals surface area contributed by atoms with Crippen molar-refractivity contribution in [3.05, 3.63) is 58.1 Å². The summed E-state index contributed by atoms with van der Waals surface area (Å²) in [7, 11) is 0. The van der Waals surface area contributed by atoms with Crippen LogP contribution in [0.1, 0.15) is 17.3 Å². The Kier molecular flexibility index (Phi) is 7.80. The molecule has 0 atom stereocenters. The molecule has 0 radical (unpaired) electrons. The molecular formula is C19H20Cl2N4O3. The Morgan fingerprint density at radius 1 is 0.929 bits per heavy atom. The maximum Gasteiger partial charge on any atom is 0.250 e. The number of benzene rings is 2. The second-order valence-electron chi connectivity index (χ2n) is 5.91. The summed E-state index contributed by atoms with van der Waals surface area (Å²) in [6, 6.07) is 11.3. The van der Waals surface area contributed by atoms with Gasteiger partial charge in [0.05, 0.1) is 40.1 Å². The van der Waals surface area contributed by atoms with Gasteiger partial charge in [-0.25, -0.2) is 0 Å². The maximum absolute atomic E-state index is 12.3. The highest BCUT2D eigenvalue weighted by Crippen LogP contribution is 2.29. The van der Waals surface area contributed by atoms with Crippen LogP contribution in [-0.2, 0) is 9.59 Å². The van der Waals surface area contributed by atoms with Gasteiger partial charge in [-0.3, -0.25) is 19.3 Å². The minimum Gasteiger partial charge on any atom is -0.366 e. The van der Waals surface area contributed by atoms with E-state index in [1.807, 2.05) is 6.92 Å². The van der Waals surface area contributed by atoms with Crippen molar-refractivity contribution < 1.29 is 14.4 Å². The topological polar surface area (TPSA) is 105 Å². The molecule has 28 heavy (non-hydrogen) atoms. The van der Waals surface area contributed by atoms with Gasteiger partial charge >= 0.3 is 0 Å². The van der Waals surface area contributed by atoms with Crippen molar-refractivity contribution in [2.24, 2.45) is 5.73 Å². The Labute approximate surface area is 172 Å². The van der Waals surface area contributed by atoms with E-state index in [4.69, 9.17) is 28.9 Å². The minimum absolute atomic E-state index is 0.0388. The monoisotopic (exact) mass is 422 g/mol. The number of primary amides is 1. The third kappa shape index (κ3) is 5.95. The Morgan fingerprint density at radius 3 is 2.07 bits per heavy atom. The van der Waals surface area contributed by atoms with E-state index >= 15 is 0 Å². The quantitative estimate of drug-likeness (QED) is 0.607. The van der Waals surface area contributed by atoms with Gasteiger partial charge in [-0.2, -0.15) is 0 Å². The summed E-state index contributed by atoms with van der Waals surface area (Å²) in [6.45, 7) is 2.19. The van der Waals surface area contributed by atoms with E-state index in [1.54, 1.807) is 41.3 Å². The van der Waals surface area contributed by atoms with Gasteiger partial charge in [-0.05, 0) is 30.8 Å². The van der Waals surface area contributed by atoms with E-state index in [1.165, 1.54) is 6.07 Å². The minimum atomic E-state index is -0.640. The van der Waals surface area contributed by atoms with Gasteiger partial charge in [0.1, 0.15) is 0 Å². The van der Waals surface area contributed by atoms with Crippen LogP contribution in [0.2, 0.25) is 10.0 Å². The molecule has 0 aliphatic rings. The molecule has 0 saturated heterocycles. The van der Waals surface area contributed by atoms with Crippen LogP contribution in [0.5, 0.6) is 0 Å². The largest absolute Gasteiger partial charge is 0.366 e. The standard InChI is InChI=1S/C19H20Cl2N4O3/c1-2-25(11-17(27)24-18-13(20)7-5-8-14(18)21)10-16(26)23-15-9-4-3-6-12(15)19(22)28/h3-9H,2,10-11H2,1H3,(H2,22,28)(H,23,26)(H,24,27). The Morgan fingerprint density at radius 2 is 1.50 bits per heavy atom. The summed E-state index contributed by atoms with van der Waals surface area (Å²) in [5, 5.41) is 5.94. The smallest absolute Gasteiger partial charge is 0.250 e. The van der Waals surface area contributed by atoms with Crippen molar-refractivity contribution in [1.29, 1.82) is 0 Å². The predicted molar refractivity (Wildman–Crippen MR) is 111 cm³/mol. The number of para-hydroxylation sites is 2. The molecule has 0 saturated carbocycles. The molecule has 2 aromatic rings. The lowest BCUT2D eigenvalue weighted by atomic mass is 10.1. The first-order chi connectivity index (χ1) is 13.3. The van der Waals surface area contributed by atoms with Crippen LogP contribution in [-0.4, -0.2) is 42.3 Å². The lowest BCUT2D eigenvalue weighted by Crippen LogP contribution is -2.39. The van der Waals surface area contributed by atoms with Gasteiger partial charge in [0.15, 0.2) is 0 Å². The number of amides is 3.